The van der Waals surface area contributed by atoms with Gasteiger partial charge in [-0.2, -0.15) is 0 Å². The lowest BCUT2D eigenvalue weighted by molar-refractivity contribution is 0.0857. The first-order valence-electron chi connectivity index (χ1n) is 9.56. The van der Waals surface area contributed by atoms with Crippen molar-refractivity contribution in [3.63, 3.8) is 0 Å². The number of nitrogens with zero attached hydrogens (tertiary/aromatic N) is 4. The summed E-state index contributed by atoms with van der Waals surface area (Å²) in [5.41, 5.74) is 0.644. The minimum absolute atomic E-state index is 0.0683. The summed E-state index contributed by atoms with van der Waals surface area (Å²) in [6.07, 6.45) is 5.77. The number of hydrogen-bond acceptors (Lipinski definition) is 6. The fraction of sp³-hybridized carbons (Fsp3) is 0.450. The van der Waals surface area contributed by atoms with Crippen molar-refractivity contribution < 1.29 is 9.53 Å². The van der Waals surface area contributed by atoms with Crippen LogP contribution < -0.4 is 15.1 Å². The van der Waals surface area contributed by atoms with E-state index in [1.54, 1.807) is 12.3 Å². The highest BCUT2D eigenvalue weighted by molar-refractivity contribution is 5.94. The minimum Gasteiger partial charge on any atom is -0.376 e. The number of aromatic nitrogens is 2. The molecule has 4 rings (SSSR count). The van der Waals surface area contributed by atoms with Gasteiger partial charge in [0, 0.05) is 57.3 Å². The molecule has 7 heteroatoms. The predicted octanol–water partition coefficient (Wildman–Crippen LogP) is 1.71. The molecule has 2 aromatic heterocycles. The molecule has 0 radical (unpaired) electrons. The van der Waals surface area contributed by atoms with Gasteiger partial charge in [-0.15, -0.1) is 0 Å². The molecule has 1 unspecified atom stereocenters. The Labute approximate surface area is 159 Å². The van der Waals surface area contributed by atoms with Gasteiger partial charge in [-0.25, -0.2) is 9.97 Å². The zero-order chi connectivity index (χ0) is 18.5. The van der Waals surface area contributed by atoms with Gasteiger partial charge in [0.1, 0.15) is 11.6 Å². The van der Waals surface area contributed by atoms with Crippen molar-refractivity contribution in [3.8, 4) is 0 Å². The molecule has 4 heterocycles. The number of hydrogen-bond donors (Lipinski definition) is 1. The van der Waals surface area contributed by atoms with Crippen LogP contribution in [-0.4, -0.2) is 61.3 Å². The van der Waals surface area contributed by atoms with E-state index >= 15 is 0 Å². The molecule has 7 nitrogen and oxygen atoms in total. The van der Waals surface area contributed by atoms with E-state index in [1.165, 1.54) is 0 Å². The first kappa shape index (κ1) is 17.7. The highest BCUT2D eigenvalue weighted by Gasteiger charge is 2.20. The van der Waals surface area contributed by atoms with E-state index in [-0.39, 0.29) is 12.0 Å². The lowest BCUT2D eigenvalue weighted by Gasteiger charge is -2.36. The minimum atomic E-state index is -0.0683. The van der Waals surface area contributed by atoms with E-state index in [4.69, 9.17) is 4.74 Å². The summed E-state index contributed by atoms with van der Waals surface area (Å²) >= 11 is 0. The van der Waals surface area contributed by atoms with Crippen LogP contribution in [0.5, 0.6) is 0 Å². The number of piperazine rings is 1. The summed E-state index contributed by atoms with van der Waals surface area (Å²) in [6, 6.07) is 9.61. The molecule has 0 saturated carbocycles. The maximum Gasteiger partial charge on any atom is 0.251 e. The van der Waals surface area contributed by atoms with Crippen LogP contribution in [0.25, 0.3) is 0 Å². The summed E-state index contributed by atoms with van der Waals surface area (Å²) in [4.78, 5) is 25.8. The van der Waals surface area contributed by atoms with Crippen LogP contribution in [0.1, 0.15) is 23.2 Å². The van der Waals surface area contributed by atoms with Crippen LogP contribution in [-0.2, 0) is 4.74 Å². The molecular formula is C20H25N5O2. The summed E-state index contributed by atoms with van der Waals surface area (Å²) in [5.74, 6) is 1.79. The summed E-state index contributed by atoms with van der Waals surface area (Å²) in [5, 5.41) is 2.97. The fourth-order valence-corrected chi connectivity index (χ4v) is 3.55. The van der Waals surface area contributed by atoms with Gasteiger partial charge in [-0.3, -0.25) is 4.79 Å². The van der Waals surface area contributed by atoms with E-state index in [2.05, 4.69) is 25.1 Å². The van der Waals surface area contributed by atoms with Crippen LogP contribution in [0.3, 0.4) is 0 Å². The largest absolute Gasteiger partial charge is 0.376 e. The van der Waals surface area contributed by atoms with E-state index < -0.39 is 0 Å². The monoisotopic (exact) mass is 367 g/mol. The third-order valence-corrected chi connectivity index (χ3v) is 5.10. The topological polar surface area (TPSA) is 70.6 Å². The molecule has 27 heavy (non-hydrogen) atoms. The molecule has 0 aromatic carbocycles. The summed E-state index contributed by atoms with van der Waals surface area (Å²) in [7, 11) is 0. The van der Waals surface area contributed by atoms with Gasteiger partial charge in [-0.05, 0) is 37.1 Å². The number of carbonyl (C=O) groups is 1. The van der Waals surface area contributed by atoms with Gasteiger partial charge in [0.2, 0.25) is 0 Å². The normalized spacial score (nSPS) is 19.9. The van der Waals surface area contributed by atoms with E-state index in [0.717, 1.165) is 57.3 Å². The number of amides is 1. The van der Waals surface area contributed by atoms with Crippen LogP contribution >= 0.6 is 0 Å². The molecule has 2 aromatic rings. The van der Waals surface area contributed by atoms with Crippen molar-refractivity contribution in [1.82, 2.24) is 15.3 Å². The van der Waals surface area contributed by atoms with Gasteiger partial charge in [0.05, 0.1) is 6.10 Å². The average molecular weight is 367 g/mol. The second kappa shape index (κ2) is 8.35. The van der Waals surface area contributed by atoms with Crippen molar-refractivity contribution in [2.75, 3.05) is 49.1 Å². The predicted molar refractivity (Wildman–Crippen MR) is 104 cm³/mol. The maximum absolute atomic E-state index is 12.4. The highest BCUT2D eigenvalue weighted by Crippen LogP contribution is 2.18. The van der Waals surface area contributed by atoms with Gasteiger partial charge in [-0.1, -0.05) is 6.07 Å². The molecule has 0 spiro atoms. The molecule has 0 aliphatic carbocycles. The van der Waals surface area contributed by atoms with Gasteiger partial charge in [0.25, 0.3) is 5.91 Å². The number of carbonyl (C=O) groups excluding carboxylic acids is 1. The molecule has 2 aliphatic rings. The smallest absolute Gasteiger partial charge is 0.251 e. The van der Waals surface area contributed by atoms with E-state index in [9.17, 15) is 4.79 Å². The Bertz CT molecular complexity index is 756. The number of nitrogens with one attached hydrogen (secondary N) is 1. The average Bonchev–Trinajstić information content (AvgIpc) is 3.27. The second-order valence-corrected chi connectivity index (χ2v) is 6.91. The Balaban J connectivity index is 1.34. The first-order chi connectivity index (χ1) is 13.3. The van der Waals surface area contributed by atoms with Gasteiger partial charge in [0.15, 0.2) is 0 Å². The zero-order valence-corrected chi connectivity index (χ0v) is 15.4. The van der Waals surface area contributed by atoms with E-state index in [0.29, 0.717) is 12.1 Å². The molecule has 2 fully saturated rings. The molecular weight excluding hydrogens is 342 g/mol. The highest BCUT2D eigenvalue weighted by atomic mass is 16.5. The Morgan fingerprint density at radius 1 is 1.07 bits per heavy atom. The standard InChI is InChI=1S/C20H25N5O2/c26-20(23-15-17-4-3-13-27-17)16-6-8-22-19(14-16)25-11-9-24(10-12-25)18-5-1-2-7-21-18/h1-2,5-8,14,17H,3-4,9-13,15H2,(H,23,26). The van der Waals surface area contributed by atoms with Crippen LogP contribution in [0.2, 0.25) is 0 Å². The molecule has 2 aliphatic heterocycles. The molecule has 1 atom stereocenters. The quantitative estimate of drug-likeness (QED) is 0.868. The van der Waals surface area contributed by atoms with Crippen molar-refractivity contribution >= 4 is 17.5 Å². The number of ether oxygens (including phenoxy) is 1. The van der Waals surface area contributed by atoms with Crippen molar-refractivity contribution in [2.45, 2.75) is 18.9 Å². The van der Waals surface area contributed by atoms with Gasteiger partial charge >= 0.3 is 0 Å². The Hall–Kier alpha value is -2.67. The van der Waals surface area contributed by atoms with Crippen molar-refractivity contribution in [2.24, 2.45) is 0 Å². The SMILES string of the molecule is O=C(NCC1CCCO1)c1ccnc(N2CCN(c3ccccn3)CC2)c1. The van der Waals surface area contributed by atoms with Crippen LogP contribution in [0, 0.1) is 0 Å². The molecule has 142 valence electrons. The van der Waals surface area contributed by atoms with Crippen LogP contribution in [0.4, 0.5) is 11.6 Å². The summed E-state index contributed by atoms with van der Waals surface area (Å²) in [6.45, 7) is 4.83. The molecule has 1 N–H and O–H groups in total. The Morgan fingerprint density at radius 3 is 2.56 bits per heavy atom. The molecule has 0 bridgehead atoms. The fourth-order valence-electron chi connectivity index (χ4n) is 3.55. The number of pyridine rings is 2. The number of rotatable bonds is 5. The lowest BCUT2D eigenvalue weighted by Crippen LogP contribution is -2.47. The lowest BCUT2D eigenvalue weighted by atomic mass is 10.2. The zero-order valence-electron chi connectivity index (χ0n) is 15.4. The first-order valence-corrected chi connectivity index (χ1v) is 9.56. The van der Waals surface area contributed by atoms with Crippen molar-refractivity contribution in [1.29, 1.82) is 0 Å². The third kappa shape index (κ3) is 4.36. The van der Waals surface area contributed by atoms with Crippen molar-refractivity contribution in [3.05, 3.63) is 48.3 Å². The van der Waals surface area contributed by atoms with Gasteiger partial charge < -0.3 is 19.9 Å². The Morgan fingerprint density at radius 2 is 1.85 bits per heavy atom. The second-order valence-electron chi connectivity index (χ2n) is 6.91. The van der Waals surface area contributed by atoms with E-state index in [1.807, 2.05) is 30.5 Å². The molecule has 2 saturated heterocycles. The molecule has 1 amide bonds. The summed E-state index contributed by atoms with van der Waals surface area (Å²) < 4.78 is 5.56. The van der Waals surface area contributed by atoms with Crippen LogP contribution in [0.15, 0.2) is 42.7 Å². The maximum atomic E-state index is 12.4. The number of anilines is 2. The Kier molecular flexibility index (Phi) is 5.48. The third-order valence-electron chi connectivity index (χ3n) is 5.10.